The molecule has 2 aliphatic rings. The Bertz CT molecular complexity index is 334. The number of hydrogen-bond acceptors (Lipinski definition) is 2. The Morgan fingerprint density at radius 1 is 1.22 bits per heavy atom. The first kappa shape index (κ1) is 13.9. The summed E-state index contributed by atoms with van der Waals surface area (Å²) in [6.07, 6.45) is 9.22. The highest BCUT2D eigenvalue weighted by Crippen LogP contribution is 2.53. The number of aliphatic hydroxyl groups is 1. The fourth-order valence-electron chi connectivity index (χ4n) is 4.20. The third-order valence-electron chi connectivity index (χ3n) is 5.61. The molecule has 4 unspecified atom stereocenters. The zero-order valence-corrected chi connectivity index (χ0v) is 11.9. The molecular formula is C16H27NO. The fourth-order valence-corrected chi connectivity index (χ4v) is 4.20. The van der Waals surface area contributed by atoms with Crippen LogP contribution in [0.1, 0.15) is 71.6 Å². The summed E-state index contributed by atoms with van der Waals surface area (Å²) >= 11 is 0. The lowest BCUT2D eigenvalue weighted by Crippen LogP contribution is -2.46. The molecule has 2 nitrogen and oxygen atoms in total. The molecule has 0 amide bonds. The maximum atomic E-state index is 11.1. The van der Waals surface area contributed by atoms with E-state index >= 15 is 0 Å². The Kier molecular flexibility index (Phi) is 4.02. The Morgan fingerprint density at radius 2 is 2.00 bits per heavy atom. The Morgan fingerprint density at radius 3 is 2.56 bits per heavy atom. The van der Waals surface area contributed by atoms with Crippen molar-refractivity contribution in [1.29, 1.82) is 5.26 Å². The second-order valence-electron chi connectivity index (χ2n) is 6.78. The molecule has 0 aromatic carbocycles. The zero-order valence-electron chi connectivity index (χ0n) is 11.9. The van der Waals surface area contributed by atoms with E-state index in [1.807, 2.05) is 0 Å². The van der Waals surface area contributed by atoms with E-state index in [9.17, 15) is 10.4 Å². The van der Waals surface area contributed by atoms with Gasteiger partial charge in [-0.25, -0.2) is 0 Å². The zero-order chi connectivity index (χ0) is 13.2. The van der Waals surface area contributed by atoms with Gasteiger partial charge < -0.3 is 5.11 Å². The van der Waals surface area contributed by atoms with Gasteiger partial charge in [0.2, 0.25) is 0 Å². The molecule has 0 aromatic rings. The maximum Gasteiger partial charge on any atom is 0.0862 e. The van der Waals surface area contributed by atoms with E-state index in [2.05, 4.69) is 19.9 Å². The first-order valence-electron chi connectivity index (χ1n) is 7.69. The van der Waals surface area contributed by atoms with Gasteiger partial charge in [-0.05, 0) is 50.4 Å². The molecule has 2 aliphatic carbocycles. The van der Waals surface area contributed by atoms with Crippen LogP contribution in [0, 0.1) is 28.6 Å². The van der Waals surface area contributed by atoms with Crippen LogP contribution in [0.2, 0.25) is 0 Å². The Labute approximate surface area is 111 Å². The lowest BCUT2D eigenvalue weighted by Gasteiger charge is -2.40. The van der Waals surface area contributed by atoms with Gasteiger partial charge in [-0.15, -0.1) is 0 Å². The van der Waals surface area contributed by atoms with Gasteiger partial charge >= 0.3 is 0 Å². The van der Waals surface area contributed by atoms with E-state index in [-0.39, 0.29) is 0 Å². The molecule has 1 N–H and O–H groups in total. The molecular weight excluding hydrogens is 222 g/mol. The maximum absolute atomic E-state index is 11.1. The van der Waals surface area contributed by atoms with Gasteiger partial charge in [0.05, 0.1) is 17.1 Å². The van der Waals surface area contributed by atoms with Crippen LogP contribution in [-0.4, -0.2) is 10.7 Å². The van der Waals surface area contributed by atoms with Crippen LogP contribution in [0.3, 0.4) is 0 Å². The molecule has 2 rings (SSSR count). The average molecular weight is 249 g/mol. The van der Waals surface area contributed by atoms with Gasteiger partial charge in [-0.2, -0.15) is 5.26 Å². The second kappa shape index (κ2) is 5.21. The summed E-state index contributed by atoms with van der Waals surface area (Å²) in [5, 5.41) is 20.8. The predicted octanol–water partition coefficient (Wildman–Crippen LogP) is 4.04. The van der Waals surface area contributed by atoms with Crippen molar-refractivity contribution in [2.75, 3.05) is 0 Å². The molecule has 0 heterocycles. The van der Waals surface area contributed by atoms with E-state index < -0.39 is 11.0 Å². The Balaban J connectivity index is 2.17. The quantitative estimate of drug-likeness (QED) is 0.751. The smallest absolute Gasteiger partial charge is 0.0862 e. The van der Waals surface area contributed by atoms with Crippen molar-refractivity contribution in [1.82, 2.24) is 0 Å². The molecule has 18 heavy (non-hydrogen) atoms. The van der Waals surface area contributed by atoms with Crippen LogP contribution in [0.15, 0.2) is 0 Å². The number of rotatable bonds is 2. The third kappa shape index (κ3) is 2.30. The molecule has 2 saturated carbocycles. The van der Waals surface area contributed by atoms with E-state index in [1.165, 1.54) is 12.8 Å². The van der Waals surface area contributed by atoms with Gasteiger partial charge in [-0.3, -0.25) is 0 Å². The first-order valence-corrected chi connectivity index (χ1v) is 7.69. The molecule has 0 bridgehead atoms. The second-order valence-corrected chi connectivity index (χ2v) is 6.78. The van der Waals surface area contributed by atoms with Crippen molar-refractivity contribution in [2.24, 2.45) is 17.3 Å². The van der Waals surface area contributed by atoms with Crippen molar-refractivity contribution >= 4 is 0 Å². The molecule has 0 aliphatic heterocycles. The van der Waals surface area contributed by atoms with Crippen molar-refractivity contribution in [2.45, 2.75) is 77.2 Å². The molecule has 0 radical (unpaired) electrons. The van der Waals surface area contributed by atoms with Crippen LogP contribution in [0.25, 0.3) is 0 Å². The standard InChI is InChI=1S/C16H27NO/c1-3-14-5-4-8-16(18,10-7-14)15(12-17)9-6-13(2)11-15/h13-14,18H,3-11H2,1-2H3. The van der Waals surface area contributed by atoms with Crippen LogP contribution in [0.5, 0.6) is 0 Å². The highest BCUT2D eigenvalue weighted by Gasteiger charge is 2.53. The topological polar surface area (TPSA) is 44.0 Å². The molecule has 0 spiro atoms. The van der Waals surface area contributed by atoms with Gasteiger partial charge in [0.1, 0.15) is 0 Å². The minimum Gasteiger partial charge on any atom is -0.388 e. The first-order chi connectivity index (χ1) is 8.55. The van der Waals surface area contributed by atoms with Gasteiger partial charge in [-0.1, -0.05) is 33.1 Å². The fraction of sp³-hybridized carbons (Fsp3) is 0.938. The van der Waals surface area contributed by atoms with Crippen molar-refractivity contribution in [3.8, 4) is 6.07 Å². The lowest BCUT2D eigenvalue weighted by atomic mass is 9.67. The minimum atomic E-state index is -0.712. The predicted molar refractivity (Wildman–Crippen MR) is 72.9 cm³/mol. The summed E-state index contributed by atoms with van der Waals surface area (Å²) in [6, 6.07) is 2.53. The molecule has 2 heteroatoms. The number of hydrogen-bond donors (Lipinski definition) is 1. The molecule has 0 saturated heterocycles. The van der Waals surface area contributed by atoms with E-state index in [0.717, 1.165) is 50.9 Å². The van der Waals surface area contributed by atoms with Crippen LogP contribution >= 0.6 is 0 Å². The Hall–Kier alpha value is -0.550. The van der Waals surface area contributed by atoms with Crippen LogP contribution in [-0.2, 0) is 0 Å². The molecule has 0 aromatic heterocycles. The summed E-state index contributed by atoms with van der Waals surface area (Å²) in [6.45, 7) is 4.46. The summed E-state index contributed by atoms with van der Waals surface area (Å²) in [5.41, 5.74) is -1.16. The molecule has 102 valence electrons. The summed E-state index contributed by atoms with van der Waals surface area (Å²) in [7, 11) is 0. The van der Waals surface area contributed by atoms with Gasteiger partial charge in [0, 0.05) is 0 Å². The van der Waals surface area contributed by atoms with Crippen LogP contribution in [0.4, 0.5) is 0 Å². The van der Waals surface area contributed by atoms with Gasteiger partial charge in [0.15, 0.2) is 0 Å². The van der Waals surface area contributed by atoms with Crippen molar-refractivity contribution in [3.05, 3.63) is 0 Å². The van der Waals surface area contributed by atoms with Crippen LogP contribution < -0.4 is 0 Å². The van der Waals surface area contributed by atoms with E-state index in [1.54, 1.807) is 0 Å². The summed E-state index contributed by atoms with van der Waals surface area (Å²) in [5.74, 6) is 1.35. The largest absolute Gasteiger partial charge is 0.388 e. The monoisotopic (exact) mass is 249 g/mol. The van der Waals surface area contributed by atoms with Gasteiger partial charge in [0.25, 0.3) is 0 Å². The third-order valence-corrected chi connectivity index (χ3v) is 5.61. The average Bonchev–Trinajstić information content (AvgIpc) is 2.65. The van der Waals surface area contributed by atoms with E-state index in [4.69, 9.17) is 0 Å². The highest BCUT2D eigenvalue weighted by atomic mass is 16.3. The minimum absolute atomic E-state index is 0.449. The molecule has 4 atom stereocenters. The van der Waals surface area contributed by atoms with Crippen molar-refractivity contribution < 1.29 is 5.11 Å². The van der Waals surface area contributed by atoms with E-state index in [0.29, 0.717) is 5.92 Å². The SMILES string of the molecule is CCC1CCCC(O)(C2(C#N)CCC(C)C2)CC1. The number of nitrogens with zero attached hydrogens (tertiary/aromatic N) is 1. The summed E-state index contributed by atoms with van der Waals surface area (Å²) in [4.78, 5) is 0. The number of nitriles is 1. The normalized spacial score (nSPS) is 45.4. The lowest BCUT2D eigenvalue weighted by molar-refractivity contribution is -0.0669. The van der Waals surface area contributed by atoms with Crippen molar-refractivity contribution in [3.63, 3.8) is 0 Å². The highest BCUT2D eigenvalue weighted by molar-refractivity contribution is 5.15. The summed E-state index contributed by atoms with van der Waals surface area (Å²) < 4.78 is 0. The molecule has 2 fully saturated rings.